The molecule has 3 atom stereocenters. The van der Waals surface area contributed by atoms with Gasteiger partial charge in [-0.1, -0.05) is 5.16 Å². The molecule has 2 aromatic heterocycles. The maximum absolute atomic E-state index is 13.8. The van der Waals surface area contributed by atoms with Gasteiger partial charge in [0.05, 0.1) is 0 Å². The number of aliphatic carboxylic acids is 1. The highest BCUT2D eigenvalue weighted by atomic mass is 32.2. The highest BCUT2D eigenvalue weighted by Gasteiger charge is 2.55. The number of thiazole rings is 1. The average Bonchev–Trinajstić information content (AvgIpc) is 3.90. The van der Waals surface area contributed by atoms with Crippen molar-refractivity contribution in [1.29, 1.82) is 0 Å². The van der Waals surface area contributed by atoms with Crippen LogP contribution in [0.15, 0.2) is 57.5 Å². The summed E-state index contributed by atoms with van der Waals surface area (Å²) in [6.45, 7) is 1.91. The number of nitrogens with zero attached hydrogens (tertiary/aromatic N) is 5. The van der Waals surface area contributed by atoms with Gasteiger partial charge in [-0.25, -0.2) is 14.8 Å². The minimum Gasteiger partial charge on any atom is -0.477 e. The number of anilines is 1. The van der Waals surface area contributed by atoms with E-state index in [1.165, 1.54) is 24.2 Å². The molecule has 0 aromatic carbocycles. The largest absolute Gasteiger partial charge is 0.477 e. The fraction of sp³-hybridized carbons (Fsp3) is 0.438. The van der Waals surface area contributed by atoms with Crippen molar-refractivity contribution in [2.24, 2.45) is 5.16 Å². The lowest BCUT2D eigenvalue weighted by Gasteiger charge is -2.50. The molecule has 6 rings (SSSR count). The molecule has 2 saturated heterocycles. The van der Waals surface area contributed by atoms with Crippen LogP contribution in [0.4, 0.5) is 5.13 Å². The van der Waals surface area contributed by atoms with Gasteiger partial charge in [-0.15, -0.1) is 23.1 Å². The highest BCUT2D eigenvalue weighted by Crippen LogP contribution is 2.47. The van der Waals surface area contributed by atoms with Crippen molar-refractivity contribution in [3.63, 3.8) is 0 Å². The monoisotopic (exact) mass is 724 g/mol. The van der Waals surface area contributed by atoms with Crippen LogP contribution in [0.2, 0.25) is 0 Å². The zero-order chi connectivity index (χ0) is 35.5. The molecule has 264 valence electrons. The van der Waals surface area contributed by atoms with Crippen LogP contribution in [-0.4, -0.2) is 102 Å². The molecule has 16 nitrogen and oxygen atoms in total. The first-order valence-electron chi connectivity index (χ1n) is 16.2. The van der Waals surface area contributed by atoms with Crippen LogP contribution in [0, 0.1) is 0 Å². The van der Waals surface area contributed by atoms with Crippen molar-refractivity contribution in [2.45, 2.75) is 68.9 Å². The van der Waals surface area contributed by atoms with E-state index in [9.17, 15) is 34.3 Å². The smallest absolute Gasteiger partial charge is 0.352 e. The first-order chi connectivity index (χ1) is 24.1. The molecule has 6 N–H and O–H groups in total. The zero-order valence-corrected chi connectivity index (χ0v) is 28.7. The van der Waals surface area contributed by atoms with Crippen molar-refractivity contribution >= 4 is 63.5 Å². The lowest BCUT2D eigenvalue weighted by atomic mass is 9.80. The van der Waals surface area contributed by atoms with Crippen LogP contribution in [0.5, 0.6) is 0 Å². The number of oxime groups is 1. The second kappa shape index (κ2) is 15.0. The van der Waals surface area contributed by atoms with E-state index in [4.69, 9.17) is 10.6 Å². The first kappa shape index (κ1) is 35.0. The van der Waals surface area contributed by atoms with Crippen molar-refractivity contribution in [2.75, 3.05) is 24.6 Å². The molecule has 18 heteroatoms. The number of hydroxylamine groups is 2. The average molecular weight is 725 g/mol. The topological polar surface area (TPSA) is 230 Å². The summed E-state index contributed by atoms with van der Waals surface area (Å²) < 4.78 is 0. The van der Waals surface area contributed by atoms with Gasteiger partial charge in [0, 0.05) is 54.5 Å². The summed E-state index contributed by atoms with van der Waals surface area (Å²) in [5.74, 6) is -4.70. The summed E-state index contributed by atoms with van der Waals surface area (Å²) in [7, 11) is 0. The molecule has 3 aliphatic heterocycles. The minimum absolute atomic E-state index is 0.0132. The lowest BCUT2D eigenvalue weighted by Crippen LogP contribution is -2.71. The molecule has 1 saturated carbocycles. The van der Waals surface area contributed by atoms with Gasteiger partial charge in [-0.3, -0.25) is 34.3 Å². The van der Waals surface area contributed by atoms with Crippen molar-refractivity contribution in [3.05, 3.63) is 63.6 Å². The number of fused-ring (bicyclic) bond motifs is 1. The second-order valence-electron chi connectivity index (χ2n) is 12.1. The van der Waals surface area contributed by atoms with E-state index < -0.39 is 46.9 Å². The highest BCUT2D eigenvalue weighted by molar-refractivity contribution is 8.00. The van der Waals surface area contributed by atoms with Gasteiger partial charge >= 0.3 is 5.97 Å². The minimum atomic E-state index is -1.41. The van der Waals surface area contributed by atoms with Crippen molar-refractivity contribution < 1.29 is 39.1 Å². The first-order valence-corrected chi connectivity index (χ1v) is 18.1. The van der Waals surface area contributed by atoms with E-state index in [-0.39, 0.29) is 64.6 Å². The number of carbonyl (C=O) groups is 5. The molecule has 50 heavy (non-hydrogen) atoms. The van der Waals surface area contributed by atoms with E-state index in [1.54, 1.807) is 24.4 Å². The normalized spacial score (nSPS) is 22.4. The maximum Gasteiger partial charge on any atom is 0.352 e. The number of nitrogens with one attached hydrogen (secondary N) is 2. The van der Waals surface area contributed by atoms with Crippen LogP contribution in [0.3, 0.4) is 0 Å². The third-order valence-electron chi connectivity index (χ3n) is 9.04. The maximum atomic E-state index is 13.8. The summed E-state index contributed by atoms with van der Waals surface area (Å²) in [5, 5.41) is 31.9. The van der Waals surface area contributed by atoms with E-state index >= 15 is 0 Å². The standard InChI is InChI=1S/C32H36N8O8S2/c1-2-39(47)22(41)13-19(16-7-10-34-11-8-16)23(18-9-12-35-27(18)42)20-14-49-30-25(29(44)40(30)26(20)31(45)46)37-28(43)24(21-15-50-32(33)36-21)38-48-17-5-3-4-6-17/h7-8,10-11,15,17,19,25,30,47H,2-6,9,12-14H2,1H3,(H2,33,36)(H,35,42)(H,37,43)(H,45,46)/t19?,25-,30-/m1/s1. The summed E-state index contributed by atoms with van der Waals surface area (Å²) in [6, 6.07) is 2.21. The molecule has 0 spiro atoms. The fourth-order valence-corrected chi connectivity index (χ4v) is 8.49. The van der Waals surface area contributed by atoms with E-state index in [0.29, 0.717) is 22.7 Å². The summed E-state index contributed by atoms with van der Waals surface area (Å²) >= 11 is 2.33. The zero-order valence-electron chi connectivity index (χ0n) is 27.0. The predicted molar refractivity (Wildman–Crippen MR) is 182 cm³/mol. The third kappa shape index (κ3) is 6.95. The quantitative estimate of drug-likeness (QED) is 0.0693. The molecular weight excluding hydrogens is 689 g/mol. The number of aromatic nitrogens is 2. The van der Waals surface area contributed by atoms with E-state index in [1.807, 2.05) is 0 Å². The van der Waals surface area contributed by atoms with Gasteiger partial charge in [0.1, 0.15) is 28.9 Å². The summed E-state index contributed by atoms with van der Waals surface area (Å²) in [6.07, 6.45) is 6.41. The number of pyridine rings is 1. The number of hydrogen-bond acceptors (Lipinski definition) is 13. The van der Waals surface area contributed by atoms with E-state index in [2.05, 4.69) is 25.8 Å². The molecule has 1 aliphatic carbocycles. The number of hydrogen-bond donors (Lipinski definition) is 5. The van der Waals surface area contributed by atoms with Gasteiger partial charge < -0.3 is 26.3 Å². The number of carboxylic acids is 1. The number of allylic oxidation sites excluding steroid dienone is 1. The van der Waals surface area contributed by atoms with Gasteiger partial charge in [0.15, 0.2) is 10.8 Å². The molecular formula is C32H36N8O8S2. The Morgan fingerprint density at radius 1 is 1.24 bits per heavy atom. The van der Waals surface area contributed by atoms with Gasteiger partial charge in [-0.2, -0.15) is 0 Å². The summed E-state index contributed by atoms with van der Waals surface area (Å²) in [5.41, 5.74) is 6.85. The number of nitrogen functional groups attached to an aromatic ring is 1. The van der Waals surface area contributed by atoms with Crippen LogP contribution in [0.1, 0.15) is 62.6 Å². The molecule has 0 bridgehead atoms. The number of rotatable bonds is 12. The summed E-state index contributed by atoms with van der Waals surface area (Å²) in [4.78, 5) is 81.7. The predicted octanol–water partition coefficient (Wildman–Crippen LogP) is 1.75. The Kier molecular flexibility index (Phi) is 10.5. The molecule has 4 amide bonds. The number of carboxylic acid groups (broad SMARTS) is 1. The molecule has 4 aliphatic rings. The Morgan fingerprint density at radius 3 is 2.60 bits per heavy atom. The fourth-order valence-electron chi connectivity index (χ4n) is 6.58. The lowest BCUT2D eigenvalue weighted by molar-refractivity contribution is -0.164. The van der Waals surface area contributed by atoms with Gasteiger partial charge in [0.25, 0.3) is 11.8 Å². The molecule has 1 unspecified atom stereocenters. The van der Waals surface area contributed by atoms with Crippen LogP contribution >= 0.6 is 23.1 Å². The molecule has 3 fully saturated rings. The van der Waals surface area contributed by atoms with Gasteiger partial charge in [0.2, 0.25) is 11.8 Å². The Balaban J connectivity index is 1.34. The second-order valence-corrected chi connectivity index (χ2v) is 14.1. The van der Waals surface area contributed by atoms with Crippen molar-refractivity contribution in [1.82, 2.24) is 30.6 Å². The molecule has 5 heterocycles. The number of nitrogens with two attached hydrogens (primary N) is 1. The van der Waals surface area contributed by atoms with Crippen LogP contribution in [0.25, 0.3) is 0 Å². The Hall–Kier alpha value is -4.81. The van der Waals surface area contributed by atoms with Gasteiger partial charge in [-0.05, 0) is 67.9 Å². The van der Waals surface area contributed by atoms with Crippen LogP contribution < -0.4 is 16.4 Å². The number of carbonyl (C=O) groups excluding carboxylic acids is 4. The molecule has 0 radical (unpaired) electrons. The number of amides is 4. The van der Waals surface area contributed by atoms with E-state index in [0.717, 1.165) is 41.9 Å². The number of β-lactam (4-membered cyclic amide) rings is 1. The Morgan fingerprint density at radius 2 is 1.98 bits per heavy atom. The Bertz CT molecular complexity index is 1790. The Labute approximate surface area is 294 Å². The SMILES string of the molecule is CCN(O)C(=O)CC(C(=C1CCNC1=O)C1=C(C(=O)O)N2C(=O)[C@@H](NC(=O)C(=NOC3CCCC3)c3csc(N)n3)[C@H]2SC1)c1ccncc1. The molecule has 2 aromatic rings. The van der Waals surface area contributed by atoms with Crippen LogP contribution in [-0.2, 0) is 28.8 Å². The third-order valence-corrected chi connectivity index (χ3v) is 11.0. The van der Waals surface area contributed by atoms with Crippen molar-refractivity contribution in [3.8, 4) is 0 Å². The number of thioether (sulfide) groups is 1.